The summed E-state index contributed by atoms with van der Waals surface area (Å²) in [4.78, 5) is 9.43. The largest absolute Gasteiger partial charge is 0.286 e. The Morgan fingerprint density at radius 1 is 0.600 bits per heavy atom. The molecule has 0 saturated heterocycles. The first-order valence-electron chi connectivity index (χ1n) is 21.5. The molecule has 3 aliphatic rings. The molecule has 10 rings (SSSR count). The molecule has 0 saturated carbocycles. The molecule has 0 fully saturated rings. The van der Waals surface area contributed by atoms with Crippen LogP contribution in [0.15, 0.2) is 216 Å². The van der Waals surface area contributed by atoms with Crippen molar-refractivity contribution in [2.24, 2.45) is 9.98 Å². The minimum absolute atomic E-state index is 0.417. The van der Waals surface area contributed by atoms with Gasteiger partial charge in [0, 0.05) is 13.6 Å². The predicted molar refractivity (Wildman–Crippen MR) is 257 cm³/mol. The molecule has 0 N–H and O–H groups in total. The van der Waals surface area contributed by atoms with Crippen LogP contribution in [0.25, 0.3) is 49.7 Å². The van der Waals surface area contributed by atoms with Gasteiger partial charge in [-0.1, -0.05) is 190 Å². The molecular weight excluding hydrogens is 725 g/mol. The SMILES string of the molecule is CC.CN=C(/C=C(\C1=CC=CCC1)c1ccc(-c2ccc3cc(-c4cccc5c4-c4ccccc4C5(c4ccccc4)c4ccccc4)ccc3c2)cc1)C1=NCCC=C1. The molecule has 0 amide bonds. The summed E-state index contributed by atoms with van der Waals surface area (Å²) in [6, 6.07) is 60.9. The van der Waals surface area contributed by atoms with E-state index in [1.165, 1.54) is 83.1 Å². The Labute approximate surface area is 355 Å². The molecule has 0 aromatic heterocycles. The van der Waals surface area contributed by atoms with E-state index in [0.717, 1.165) is 37.2 Å². The van der Waals surface area contributed by atoms with Crippen LogP contribution in [0.3, 0.4) is 0 Å². The lowest BCUT2D eigenvalue weighted by atomic mass is 9.67. The fourth-order valence-electron chi connectivity index (χ4n) is 9.42. The van der Waals surface area contributed by atoms with Gasteiger partial charge < -0.3 is 0 Å². The number of hydrogen-bond donors (Lipinski definition) is 0. The molecule has 7 aromatic rings. The van der Waals surface area contributed by atoms with E-state index in [9.17, 15) is 0 Å². The summed E-state index contributed by atoms with van der Waals surface area (Å²) >= 11 is 0. The number of aliphatic imine (C=N–C) groups is 2. The van der Waals surface area contributed by atoms with Crippen molar-refractivity contribution in [1.82, 2.24) is 0 Å². The first-order valence-corrected chi connectivity index (χ1v) is 21.5. The molecular formula is C58H50N2. The Kier molecular flexibility index (Phi) is 11.0. The zero-order valence-corrected chi connectivity index (χ0v) is 34.8. The minimum atomic E-state index is -0.417. The number of fused-ring (bicyclic) bond motifs is 4. The number of nitrogens with zero attached hydrogens (tertiary/aromatic N) is 2. The zero-order chi connectivity index (χ0) is 40.9. The molecule has 0 spiro atoms. The van der Waals surface area contributed by atoms with Crippen LogP contribution in [0.4, 0.5) is 0 Å². The standard InChI is InChI=1S/C56H44N2.C2H6/c1-57-54(53-26-13-14-35-58-53)38-50(40-16-5-2-6-17-40)41-29-27-39(28-30-41)42-31-32-44-37-45(34-33-43(44)36-42)48-23-15-25-52-55(48)49-22-11-12-24-51(49)56(52,46-18-7-3-8-19-46)47-20-9-4-10-21-47;1-2/h2-5,7-13,15-16,18-34,36-38H,6,14,17,35H2,1H3;1-2H3/b50-38+,57-54?;. The second-order valence-electron chi connectivity index (χ2n) is 15.4. The van der Waals surface area contributed by atoms with Crippen LogP contribution in [-0.4, -0.2) is 25.0 Å². The highest BCUT2D eigenvalue weighted by atomic mass is 14.8. The summed E-state index contributed by atoms with van der Waals surface area (Å²) in [5.41, 5.74) is 17.9. The van der Waals surface area contributed by atoms with Crippen LogP contribution in [0.5, 0.6) is 0 Å². The van der Waals surface area contributed by atoms with Crippen LogP contribution >= 0.6 is 0 Å². The number of allylic oxidation sites excluding steroid dienone is 7. The molecule has 1 heterocycles. The van der Waals surface area contributed by atoms with Gasteiger partial charge in [-0.05, 0) is 127 Å². The highest BCUT2D eigenvalue weighted by Crippen LogP contribution is 2.58. The Morgan fingerprint density at radius 3 is 1.90 bits per heavy atom. The molecule has 2 heteroatoms. The van der Waals surface area contributed by atoms with Gasteiger partial charge in [-0.25, -0.2) is 0 Å². The van der Waals surface area contributed by atoms with Crippen molar-refractivity contribution < 1.29 is 0 Å². The first-order chi connectivity index (χ1) is 29.7. The molecule has 1 aliphatic heterocycles. The summed E-state index contributed by atoms with van der Waals surface area (Å²) in [6.07, 6.45) is 16.2. The molecule has 2 aliphatic carbocycles. The van der Waals surface area contributed by atoms with Gasteiger partial charge in [0.25, 0.3) is 0 Å². The highest BCUT2D eigenvalue weighted by molar-refractivity contribution is 6.51. The van der Waals surface area contributed by atoms with Crippen molar-refractivity contribution >= 4 is 27.8 Å². The second kappa shape index (κ2) is 17.1. The average molecular weight is 775 g/mol. The van der Waals surface area contributed by atoms with Gasteiger partial charge in [-0.3, -0.25) is 9.98 Å². The van der Waals surface area contributed by atoms with E-state index in [1.54, 1.807) is 0 Å². The quantitative estimate of drug-likeness (QED) is 0.137. The van der Waals surface area contributed by atoms with E-state index < -0.39 is 5.41 Å². The Balaban J connectivity index is 0.00000228. The third-order valence-corrected chi connectivity index (χ3v) is 12.2. The molecule has 60 heavy (non-hydrogen) atoms. The van der Waals surface area contributed by atoms with Gasteiger partial charge in [0.15, 0.2) is 0 Å². The summed E-state index contributed by atoms with van der Waals surface area (Å²) in [5.74, 6) is 0. The van der Waals surface area contributed by atoms with Crippen molar-refractivity contribution in [3.8, 4) is 33.4 Å². The average Bonchev–Trinajstić information content (AvgIpc) is 3.65. The fourth-order valence-corrected chi connectivity index (χ4v) is 9.42. The van der Waals surface area contributed by atoms with E-state index in [0.29, 0.717) is 0 Å². The Morgan fingerprint density at radius 2 is 1.23 bits per heavy atom. The highest BCUT2D eigenvalue weighted by Gasteiger charge is 2.46. The van der Waals surface area contributed by atoms with Gasteiger partial charge in [-0.15, -0.1) is 0 Å². The lowest BCUT2D eigenvalue weighted by Gasteiger charge is -2.34. The van der Waals surface area contributed by atoms with Crippen LogP contribution in [0.2, 0.25) is 0 Å². The van der Waals surface area contributed by atoms with Gasteiger partial charge in [0.2, 0.25) is 0 Å². The topological polar surface area (TPSA) is 24.7 Å². The van der Waals surface area contributed by atoms with Crippen molar-refractivity contribution in [3.63, 3.8) is 0 Å². The maximum Gasteiger partial charge on any atom is 0.0829 e. The van der Waals surface area contributed by atoms with Crippen LogP contribution in [-0.2, 0) is 5.41 Å². The van der Waals surface area contributed by atoms with Gasteiger partial charge in [0.05, 0.1) is 16.8 Å². The lowest BCUT2D eigenvalue weighted by Crippen LogP contribution is -2.28. The summed E-state index contributed by atoms with van der Waals surface area (Å²) in [6.45, 7) is 4.81. The molecule has 7 aromatic carbocycles. The van der Waals surface area contributed by atoms with Gasteiger partial charge in [0.1, 0.15) is 0 Å². The molecule has 0 unspecified atom stereocenters. The normalized spacial score (nSPS) is 15.4. The van der Waals surface area contributed by atoms with E-state index in [2.05, 4.69) is 205 Å². The van der Waals surface area contributed by atoms with Crippen molar-refractivity contribution in [1.29, 1.82) is 0 Å². The summed E-state index contributed by atoms with van der Waals surface area (Å²) < 4.78 is 0. The molecule has 0 bridgehead atoms. The third-order valence-electron chi connectivity index (χ3n) is 12.2. The second-order valence-corrected chi connectivity index (χ2v) is 15.4. The smallest absolute Gasteiger partial charge is 0.0829 e. The Bertz CT molecular complexity index is 2830. The predicted octanol–water partition coefficient (Wildman–Crippen LogP) is 14.7. The van der Waals surface area contributed by atoms with Crippen LogP contribution < -0.4 is 0 Å². The van der Waals surface area contributed by atoms with Gasteiger partial charge in [-0.2, -0.15) is 0 Å². The maximum atomic E-state index is 4.77. The zero-order valence-electron chi connectivity index (χ0n) is 34.8. The third kappa shape index (κ3) is 6.92. The fraction of sp³-hybridized carbons (Fsp3) is 0.138. The number of hydrogen-bond acceptors (Lipinski definition) is 2. The Hall–Kier alpha value is -6.90. The van der Waals surface area contributed by atoms with Crippen LogP contribution in [0.1, 0.15) is 60.9 Å². The molecule has 292 valence electrons. The maximum absolute atomic E-state index is 4.77. The lowest BCUT2D eigenvalue weighted by molar-refractivity contribution is 0.768. The monoisotopic (exact) mass is 774 g/mol. The van der Waals surface area contributed by atoms with Crippen molar-refractivity contribution in [2.45, 2.75) is 38.5 Å². The number of dihydropyridines is 1. The summed E-state index contributed by atoms with van der Waals surface area (Å²) in [7, 11) is 1.86. The summed E-state index contributed by atoms with van der Waals surface area (Å²) in [5, 5.41) is 2.46. The minimum Gasteiger partial charge on any atom is -0.286 e. The number of benzene rings is 7. The van der Waals surface area contributed by atoms with E-state index in [-0.39, 0.29) is 0 Å². The van der Waals surface area contributed by atoms with Crippen molar-refractivity contribution in [2.75, 3.05) is 13.6 Å². The molecule has 2 nitrogen and oxygen atoms in total. The van der Waals surface area contributed by atoms with E-state index in [4.69, 9.17) is 4.99 Å². The van der Waals surface area contributed by atoms with Gasteiger partial charge >= 0.3 is 0 Å². The van der Waals surface area contributed by atoms with Crippen molar-refractivity contribution in [3.05, 3.63) is 234 Å². The first kappa shape index (κ1) is 38.6. The number of rotatable bonds is 8. The molecule has 0 radical (unpaired) electrons. The molecule has 0 atom stereocenters. The van der Waals surface area contributed by atoms with Crippen LogP contribution in [0, 0.1) is 0 Å². The van der Waals surface area contributed by atoms with E-state index in [1.807, 2.05) is 20.9 Å². The van der Waals surface area contributed by atoms with E-state index >= 15 is 0 Å².